The number of nitrogens with zero attached hydrogens (tertiary/aromatic N) is 2. The predicted molar refractivity (Wildman–Crippen MR) is 64.5 cm³/mol. The Kier molecular flexibility index (Phi) is 2.45. The molecule has 1 aromatic heterocycles. The molecule has 2 aliphatic rings. The van der Waals surface area contributed by atoms with Gasteiger partial charge in [0.1, 0.15) is 0 Å². The lowest BCUT2D eigenvalue weighted by Gasteiger charge is -2.11. The third-order valence-corrected chi connectivity index (χ3v) is 3.84. The Labute approximate surface area is 96.7 Å². The Morgan fingerprint density at radius 1 is 1.38 bits per heavy atom. The molecule has 1 saturated heterocycles. The molecule has 1 aliphatic carbocycles. The number of likely N-dealkylation sites (N-methyl/N-ethyl adjacent to an activating group) is 1. The van der Waals surface area contributed by atoms with Crippen LogP contribution in [0.4, 0.5) is 0 Å². The van der Waals surface area contributed by atoms with Gasteiger partial charge in [0.2, 0.25) is 0 Å². The maximum absolute atomic E-state index is 5.96. The van der Waals surface area contributed by atoms with E-state index >= 15 is 0 Å². The van der Waals surface area contributed by atoms with Gasteiger partial charge in [-0.05, 0) is 38.1 Å². The van der Waals surface area contributed by atoms with Crippen LogP contribution in [0.1, 0.15) is 29.3 Å². The van der Waals surface area contributed by atoms with Crippen molar-refractivity contribution in [3.63, 3.8) is 0 Å². The molecule has 0 saturated carbocycles. The van der Waals surface area contributed by atoms with Crippen LogP contribution < -0.4 is 5.73 Å². The highest BCUT2D eigenvalue weighted by Crippen LogP contribution is 2.27. The summed E-state index contributed by atoms with van der Waals surface area (Å²) in [6.45, 7) is 2.35. The number of pyridine rings is 1. The topological polar surface area (TPSA) is 42.2 Å². The molecule has 0 radical (unpaired) electrons. The first-order chi connectivity index (χ1) is 7.72. The third-order valence-electron chi connectivity index (χ3n) is 3.84. The molecule has 1 aliphatic heterocycles. The zero-order valence-corrected chi connectivity index (χ0v) is 9.82. The number of hydrogen-bond acceptors (Lipinski definition) is 3. The first-order valence-electron chi connectivity index (χ1n) is 6.15. The van der Waals surface area contributed by atoms with E-state index in [1.165, 1.54) is 29.9 Å². The molecule has 3 heteroatoms. The number of nitrogens with two attached hydrogens (primary N) is 1. The summed E-state index contributed by atoms with van der Waals surface area (Å²) in [5, 5.41) is 0. The molecular weight excluding hydrogens is 198 g/mol. The fourth-order valence-corrected chi connectivity index (χ4v) is 2.92. The summed E-state index contributed by atoms with van der Waals surface area (Å²) in [6, 6.07) is 4.74. The zero-order valence-electron chi connectivity index (χ0n) is 9.82. The van der Waals surface area contributed by atoms with Gasteiger partial charge >= 0.3 is 0 Å². The van der Waals surface area contributed by atoms with Gasteiger partial charge < -0.3 is 10.6 Å². The van der Waals surface area contributed by atoms with Gasteiger partial charge in [-0.15, -0.1) is 0 Å². The number of hydrogen-bond donors (Lipinski definition) is 1. The SMILES string of the molecule is CN1CCC(c2ccc3c(n2)CC(N)C3)C1. The molecule has 2 atom stereocenters. The van der Waals surface area contributed by atoms with Crippen LogP contribution in [0, 0.1) is 0 Å². The van der Waals surface area contributed by atoms with Crippen LogP contribution in [0.15, 0.2) is 12.1 Å². The molecule has 2 unspecified atom stereocenters. The van der Waals surface area contributed by atoms with Gasteiger partial charge in [0.15, 0.2) is 0 Å². The van der Waals surface area contributed by atoms with Crippen LogP contribution in [-0.4, -0.2) is 36.1 Å². The second kappa shape index (κ2) is 3.82. The maximum Gasteiger partial charge on any atom is 0.0455 e. The number of aromatic nitrogens is 1. The number of rotatable bonds is 1. The summed E-state index contributed by atoms with van der Waals surface area (Å²) in [4.78, 5) is 7.19. The summed E-state index contributed by atoms with van der Waals surface area (Å²) in [7, 11) is 2.18. The van der Waals surface area contributed by atoms with E-state index in [1.54, 1.807) is 0 Å². The number of likely N-dealkylation sites (tertiary alicyclic amines) is 1. The zero-order chi connectivity index (χ0) is 11.1. The summed E-state index contributed by atoms with van der Waals surface area (Å²) in [5.74, 6) is 0.632. The van der Waals surface area contributed by atoms with Crippen molar-refractivity contribution >= 4 is 0 Å². The standard InChI is InChI=1S/C13H19N3/c1-16-5-4-10(8-16)12-3-2-9-6-11(14)7-13(9)15-12/h2-3,10-11H,4-8,14H2,1H3. The second-order valence-electron chi connectivity index (χ2n) is 5.26. The molecule has 0 bridgehead atoms. The molecule has 0 aromatic carbocycles. The molecule has 3 rings (SSSR count). The van der Waals surface area contributed by atoms with Crippen LogP contribution in [-0.2, 0) is 12.8 Å². The average Bonchev–Trinajstić information content (AvgIpc) is 2.81. The maximum atomic E-state index is 5.96. The van der Waals surface area contributed by atoms with Crippen LogP contribution in [0.5, 0.6) is 0 Å². The Bertz CT molecular complexity index is 402. The highest BCUT2D eigenvalue weighted by atomic mass is 15.1. The van der Waals surface area contributed by atoms with E-state index in [1.807, 2.05) is 0 Å². The lowest BCUT2D eigenvalue weighted by Crippen LogP contribution is -2.19. The van der Waals surface area contributed by atoms with Gasteiger partial charge in [-0.2, -0.15) is 0 Å². The minimum atomic E-state index is 0.295. The van der Waals surface area contributed by atoms with Crippen molar-refractivity contribution in [3.05, 3.63) is 29.1 Å². The molecule has 2 N–H and O–H groups in total. The van der Waals surface area contributed by atoms with Gasteiger partial charge in [0.05, 0.1) is 0 Å². The molecule has 86 valence electrons. The molecule has 2 heterocycles. The molecule has 16 heavy (non-hydrogen) atoms. The minimum Gasteiger partial charge on any atom is -0.327 e. The van der Waals surface area contributed by atoms with Crippen molar-refractivity contribution in [2.45, 2.75) is 31.2 Å². The lowest BCUT2D eigenvalue weighted by molar-refractivity contribution is 0.410. The fourth-order valence-electron chi connectivity index (χ4n) is 2.92. The van der Waals surface area contributed by atoms with Gasteiger partial charge in [0, 0.05) is 36.3 Å². The Hall–Kier alpha value is -0.930. The minimum absolute atomic E-state index is 0.295. The van der Waals surface area contributed by atoms with Gasteiger partial charge in [-0.3, -0.25) is 4.98 Å². The van der Waals surface area contributed by atoms with Crippen molar-refractivity contribution in [2.24, 2.45) is 5.73 Å². The van der Waals surface area contributed by atoms with Crippen molar-refractivity contribution in [3.8, 4) is 0 Å². The molecule has 1 aromatic rings. The highest BCUT2D eigenvalue weighted by Gasteiger charge is 2.25. The highest BCUT2D eigenvalue weighted by molar-refractivity contribution is 5.30. The van der Waals surface area contributed by atoms with Gasteiger partial charge in [0.25, 0.3) is 0 Å². The second-order valence-corrected chi connectivity index (χ2v) is 5.26. The van der Waals surface area contributed by atoms with E-state index in [0.29, 0.717) is 12.0 Å². The monoisotopic (exact) mass is 217 g/mol. The summed E-state index contributed by atoms with van der Waals surface area (Å²) in [6.07, 6.45) is 3.22. The van der Waals surface area contributed by atoms with E-state index in [-0.39, 0.29) is 0 Å². The van der Waals surface area contributed by atoms with Crippen molar-refractivity contribution in [1.29, 1.82) is 0 Å². The van der Waals surface area contributed by atoms with Crippen LogP contribution in [0.2, 0.25) is 0 Å². The van der Waals surface area contributed by atoms with E-state index in [9.17, 15) is 0 Å². The Balaban J connectivity index is 1.85. The van der Waals surface area contributed by atoms with Gasteiger partial charge in [-0.1, -0.05) is 6.07 Å². The largest absolute Gasteiger partial charge is 0.327 e. The van der Waals surface area contributed by atoms with Crippen molar-refractivity contribution in [1.82, 2.24) is 9.88 Å². The summed E-state index contributed by atoms with van der Waals surface area (Å²) in [5.41, 5.74) is 9.85. The normalized spacial score (nSPS) is 29.6. The quantitative estimate of drug-likeness (QED) is 0.761. The lowest BCUT2D eigenvalue weighted by atomic mass is 10.0. The summed E-state index contributed by atoms with van der Waals surface area (Å²) >= 11 is 0. The first-order valence-corrected chi connectivity index (χ1v) is 6.15. The van der Waals surface area contributed by atoms with E-state index < -0.39 is 0 Å². The van der Waals surface area contributed by atoms with E-state index in [2.05, 4.69) is 24.1 Å². The molecule has 3 nitrogen and oxygen atoms in total. The average molecular weight is 217 g/mol. The Morgan fingerprint density at radius 2 is 2.25 bits per heavy atom. The van der Waals surface area contributed by atoms with Crippen molar-refractivity contribution < 1.29 is 0 Å². The van der Waals surface area contributed by atoms with Crippen LogP contribution in [0.3, 0.4) is 0 Å². The molecule has 0 amide bonds. The predicted octanol–water partition coefficient (Wildman–Crippen LogP) is 0.927. The first kappa shape index (κ1) is 10.2. The fraction of sp³-hybridized carbons (Fsp3) is 0.615. The van der Waals surface area contributed by atoms with E-state index in [4.69, 9.17) is 10.7 Å². The third kappa shape index (κ3) is 1.74. The molecule has 0 spiro atoms. The van der Waals surface area contributed by atoms with Crippen LogP contribution in [0.25, 0.3) is 0 Å². The summed E-state index contributed by atoms with van der Waals surface area (Å²) < 4.78 is 0. The van der Waals surface area contributed by atoms with E-state index in [0.717, 1.165) is 19.4 Å². The molecular formula is C13H19N3. The number of fused-ring (bicyclic) bond motifs is 1. The van der Waals surface area contributed by atoms with Crippen LogP contribution >= 0.6 is 0 Å². The Morgan fingerprint density at radius 3 is 3.00 bits per heavy atom. The smallest absolute Gasteiger partial charge is 0.0455 e. The van der Waals surface area contributed by atoms with Gasteiger partial charge in [-0.25, -0.2) is 0 Å². The molecule has 1 fully saturated rings. The van der Waals surface area contributed by atoms with Crippen molar-refractivity contribution in [2.75, 3.05) is 20.1 Å².